The molecule has 2 fully saturated rings. The summed E-state index contributed by atoms with van der Waals surface area (Å²) in [6.45, 7) is 4.21. The van der Waals surface area contributed by atoms with Gasteiger partial charge < -0.3 is 14.8 Å². The lowest BCUT2D eigenvalue weighted by atomic mass is 10.0. The molecule has 1 atom stereocenters. The lowest BCUT2D eigenvalue weighted by Crippen LogP contribution is -2.44. The number of likely N-dealkylation sites (tertiary alicyclic amines) is 1. The quantitative estimate of drug-likeness (QED) is 0.781. The van der Waals surface area contributed by atoms with Crippen LogP contribution < -0.4 is 10.1 Å². The molecule has 4 rings (SSSR count). The Balaban J connectivity index is 1.20. The Labute approximate surface area is 172 Å². The third-order valence-electron chi connectivity index (χ3n) is 5.61. The summed E-state index contributed by atoms with van der Waals surface area (Å²) in [4.78, 5) is 19.4. The fourth-order valence-electron chi connectivity index (χ4n) is 3.89. The standard InChI is InChI=1S/C23H29N3O3/c27-23(18-6-8-21(9-7-18)29-17-22-5-3-15-28-22)25-19-10-13-26(14-11-19)16-20-4-1-2-12-24-20/h1-2,4,6-9,12,19,22H,3,5,10-11,13-17H2,(H,25,27)/t22-/m0/s1. The average Bonchev–Trinajstić information content (AvgIpc) is 3.28. The predicted molar refractivity (Wildman–Crippen MR) is 111 cm³/mol. The Hall–Kier alpha value is -2.44. The second-order valence-corrected chi connectivity index (χ2v) is 7.82. The Bertz CT molecular complexity index is 768. The summed E-state index contributed by atoms with van der Waals surface area (Å²) >= 11 is 0. The number of nitrogens with one attached hydrogen (secondary N) is 1. The zero-order valence-corrected chi connectivity index (χ0v) is 16.8. The summed E-state index contributed by atoms with van der Waals surface area (Å²) in [6.07, 6.45) is 6.11. The van der Waals surface area contributed by atoms with E-state index in [1.54, 1.807) is 0 Å². The number of nitrogens with zero attached hydrogens (tertiary/aromatic N) is 2. The molecule has 29 heavy (non-hydrogen) atoms. The molecule has 1 aromatic heterocycles. The molecule has 6 nitrogen and oxygen atoms in total. The van der Waals surface area contributed by atoms with E-state index < -0.39 is 0 Å². The Morgan fingerprint density at radius 1 is 1.14 bits per heavy atom. The fraction of sp³-hybridized carbons (Fsp3) is 0.478. The van der Waals surface area contributed by atoms with Crippen LogP contribution in [0.3, 0.4) is 0 Å². The van der Waals surface area contributed by atoms with Crippen molar-refractivity contribution in [2.75, 3.05) is 26.3 Å². The molecule has 0 radical (unpaired) electrons. The molecule has 1 aromatic carbocycles. The van der Waals surface area contributed by atoms with Gasteiger partial charge in [-0.05, 0) is 62.1 Å². The molecule has 1 N–H and O–H groups in total. The van der Waals surface area contributed by atoms with E-state index in [0.717, 1.165) is 63.4 Å². The molecule has 6 heteroatoms. The molecule has 154 valence electrons. The van der Waals surface area contributed by atoms with Crippen LogP contribution in [0.15, 0.2) is 48.7 Å². The van der Waals surface area contributed by atoms with Gasteiger partial charge in [0.25, 0.3) is 5.91 Å². The van der Waals surface area contributed by atoms with Crippen LogP contribution in [0.25, 0.3) is 0 Å². The number of hydrogen-bond acceptors (Lipinski definition) is 5. The number of rotatable bonds is 7. The third kappa shape index (κ3) is 5.78. The third-order valence-corrected chi connectivity index (χ3v) is 5.61. The SMILES string of the molecule is O=C(NC1CCN(Cc2ccccn2)CC1)c1ccc(OC[C@@H]2CCCO2)cc1. The highest BCUT2D eigenvalue weighted by molar-refractivity contribution is 5.94. The van der Waals surface area contributed by atoms with Crippen LogP contribution in [-0.2, 0) is 11.3 Å². The van der Waals surface area contributed by atoms with Gasteiger partial charge in [-0.3, -0.25) is 14.7 Å². The predicted octanol–water partition coefficient (Wildman–Crippen LogP) is 3.03. The smallest absolute Gasteiger partial charge is 0.251 e. The lowest BCUT2D eigenvalue weighted by molar-refractivity contribution is 0.0679. The zero-order chi connectivity index (χ0) is 19.9. The van der Waals surface area contributed by atoms with Gasteiger partial charge in [0.2, 0.25) is 0 Å². The van der Waals surface area contributed by atoms with Gasteiger partial charge in [0.1, 0.15) is 12.4 Å². The number of ether oxygens (including phenoxy) is 2. The topological polar surface area (TPSA) is 63.7 Å². The second-order valence-electron chi connectivity index (χ2n) is 7.82. The van der Waals surface area contributed by atoms with Gasteiger partial charge in [0.15, 0.2) is 0 Å². The van der Waals surface area contributed by atoms with Crippen molar-refractivity contribution in [3.05, 3.63) is 59.9 Å². The molecule has 0 aliphatic carbocycles. The molecular formula is C23H29N3O3. The summed E-state index contributed by atoms with van der Waals surface area (Å²) in [5.74, 6) is 0.763. The monoisotopic (exact) mass is 395 g/mol. The normalized spacial score (nSPS) is 20.5. The number of carbonyl (C=O) groups excluding carboxylic acids is 1. The minimum Gasteiger partial charge on any atom is -0.491 e. The van der Waals surface area contributed by atoms with Gasteiger partial charge in [-0.1, -0.05) is 6.07 Å². The van der Waals surface area contributed by atoms with Crippen LogP contribution in [0.1, 0.15) is 41.7 Å². The molecule has 2 aliphatic rings. The number of amides is 1. The molecule has 2 saturated heterocycles. The second kappa shape index (κ2) is 9.85. The summed E-state index contributed by atoms with van der Waals surface area (Å²) < 4.78 is 11.3. The molecule has 2 aromatic rings. The van der Waals surface area contributed by atoms with E-state index in [1.165, 1.54) is 0 Å². The van der Waals surface area contributed by atoms with Crippen molar-refractivity contribution in [3.63, 3.8) is 0 Å². The number of pyridine rings is 1. The van der Waals surface area contributed by atoms with E-state index in [4.69, 9.17) is 9.47 Å². The van der Waals surface area contributed by atoms with Gasteiger partial charge in [-0.2, -0.15) is 0 Å². The molecular weight excluding hydrogens is 366 g/mol. The Kier molecular flexibility index (Phi) is 6.75. The Morgan fingerprint density at radius 3 is 2.66 bits per heavy atom. The van der Waals surface area contributed by atoms with Gasteiger partial charge >= 0.3 is 0 Å². The van der Waals surface area contributed by atoms with Crippen molar-refractivity contribution in [3.8, 4) is 5.75 Å². The molecule has 0 saturated carbocycles. The number of aromatic nitrogens is 1. The maximum atomic E-state index is 12.6. The van der Waals surface area contributed by atoms with Crippen molar-refractivity contribution in [2.24, 2.45) is 0 Å². The first-order valence-electron chi connectivity index (χ1n) is 10.5. The van der Waals surface area contributed by atoms with Gasteiger partial charge in [-0.25, -0.2) is 0 Å². The van der Waals surface area contributed by atoms with Crippen molar-refractivity contribution in [1.82, 2.24) is 15.2 Å². The highest BCUT2D eigenvalue weighted by atomic mass is 16.5. The van der Waals surface area contributed by atoms with Crippen LogP contribution in [0.4, 0.5) is 0 Å². The minimum absolute atomic E-state index is 0.0150. The van der Waals surface area contributed by atoms with Crippen molar-refractivity contribution >= 4 is 5.91 Å². The maximum Gasteiger partial charge on any atom is 0.251 e. The number of carbonyl (C=O) groups is 1. The first-order chi connectivity index (χ1) is 14.3. The van der Waals surface area contributed by atoms with Crippen LogP contribution >= 0.6 is 0 Å². The fourth-order valence-corrected chi connectivity index (χ4v) is 3.89. The van der Waals surface area contributed by atoms with Crippen LogP contribution in [0.5, 0.6) is 5.75 Å². The van der Waals surface area contributed by atoms with Crippen LogP contribution in [0, 0.1) is 0 Å². The first-order valence-corrected chi connectivity index (χ1v) is 10.5. The number of hydrogen-bond donors (Lipinski definition) is 1. The molecule has 1 amide bonds. The van der Waals surface area contributed by atoms with E-state index in [2.05, 4.69) is 21.3 Å². The summed E-state index contributed by atoms with van der Waals surface area (Å²) in [6, 6.07) is 13.6. The maximum absolute atomic E-state index is 12.6. The molecule has 2 aliphatic heterocycles. The highest BCUT2D eigenvalue weighted by Gasteiger charge is 2.21. The highest BCUT2D eigenvalue weighted by Crippen LogP contribution is 2.18. The molecule has 3 heterocycles. The summed E-state index contributed by atoms with van der Waals surface area (Å²) in [5, 5.41) is 3.17. The van der Waals surface area contributed by atoms with E-state index in [1.807, 2.05) is 42.6 Å². The molecule has 0 spiro atoms. The average molecular weight is 396 g/mol. The van der Waals surface area contributed by atoms with Crippen molar-refractivity contribution in [2.45, 2.75) is 44.4 Å². The van der Waals surface area contributed by atoms with E-state index in [9.17, 15) is 4.79 Å². The largest absolute Gasteiger partial charge is 0.491 e. The molecule has 0 unspecified atom stereocenters. The Morgan fingerprint density at radius 2 is 1.97 bits per heavy atom. The van der Waals surface area contributed by atoms with Crippen molar-refractivity contribution < 1.29 is 14.3 Å². The molecule has 0 bridgehead atoms. The number of piperidine rings is 1. The first kappa shape index (κ1) is 19.9. The van der Waals surface area contributed by atoms with Gasteiger partial charge in [0, 0.05) is 44.0 Å². The van der Waals surface area contributed by atoms with Crippen LogP contribution in [0.2, 0.25) is 0 Å². The number of benzene rings is 1. The lowest BCUT2D eigenvalue weighted by Gasteiger charge is -2.32. The summed E-state index contributed by atoms with van der Waals surface area (Å²) in [5.41, 5.74) is 1.77. The minimum atomic E-state index is -0.0150. The van der Waals surface area contributed by atoms with Crippen LogP contribution in [-0.4, -0.2) is 54.2 Å². The van der Waals surface area contributed by atoms with Gasteiger partial charge in [-0.15, -0.1) is 0 Å². The van der Waals surface area contributed by atoms with E-state index in [-0.39, 0.29) is 18.1 Å². The van der Waals surface area contributed by atoms with E-state index >= 15 is 0 Å². The van der Waals surface area contributed by atoms with Gasteiger partial charge in [0.05, 0.1) is 11.8 Å². The summed E-state index contributed by atoms with van der Waals surface area (Å²) in [7, 11) is 0. The van der Waals surface area contributed by atoms with Crippen molar-refractivity contribution in [1.29, 1.82) is 0 Å². The van der Waals surface area contributed by atoms with E-state index in [0.29, 0.717) is 12.2 Å². The zero-order valence-electron chi connectivity index (χ0n) is 16.8.